The summed E-state index contributed by atoms with van der Waals surface area (Å²) in [4.78, 5) is 0. The van der Waals surface area contributed by atoms with Crippen LogP contribution >= 0.6 is 15.9 Å². The zero-order valence-electron chi connectivity index (χ0n) is 7.10. The zero-order chi connectivity index (χ0) is 10.6. The SMILES string of the molecule is N#Cc1ccc(Br)cc1NCC(F)F. The lowest BCUT2D eigenvalue weighted by atomic mass is 10.2. The molecule has 0 aromatic heterocycles. The molecule has 1 aromatic carbocycles. The number of benzene rings is 1. The van der Waals surface area contributed by atoms with Crippen LogP contribution in [-0.2, 0) is 0 Å². The van der Waals surface area contributed by atoms with Crippen LogP contribution in [0, 0.1) is 11.3 Å². The van der Waals surface area contributed by atoms with Gasteiger partial charge >= 0.3 is 0 Å². The number of anilines is 1. The highest BCUT2D eigenvalue weighted by Crippen LogP contribution is 2.20. The van der Waals surface area contributed by atoms with Crippen molar-refractivity contribution in [2.24, 2.45) is 0 Å². The van der Waals surface area contributed by atoms with Gasteiger partial charge in [-0.1, -0.05) is 15.9 Å². The normalized spacial score (nSPS) is 9.93. The van der Waals surface area contributed by atoms with Crippen LogP contribution < -0.4 is 5.32 Å². The summed E-state index contributed by atoms with van der Waals surface area (Å²) in [5, 5.41) is 11.2. The number of nitrogens with one attached hydrogen (secondary N) is 1. The number of nitrogens with zero attached hydrogens (tertiary/aromatic N) is 1. The molecule has 0 amide bonds. The third-order valence-electron chi connectivity index (χ3n) is 1.55. The quantitative estimate of drug-likeness (QED) is 0.907. The number of alkyl halides is 2. The first-order chi connectivity index (χ1) is 6.63. The second kappa shape index (κ2) is 4.91. The highest BCUT2D eigenvalue weighted by molar-refractivity contribution is 9.10. The van der Waals surface area contributed by atoms with Crippen molar-refractivity contribution in [1.82, 2.24) is 0 Å². The Balaban J connectivity index is 2.84. The summed E-state index contributed by atoms with van der Waals surface area (Å²) in [6.07, 6.45) is -2.43. The molecule has 0 aliphatic heterocycles. The first-order valence-electron chi connectivity index (χ1n) is 3.85. The summed E-state index contributed by atoms with van der Waals surface area (Å²) < 4.78 is 24.5. The number of halogens is 3. The molecule has 5 heteroatoms. The topological polar surface area (TPSA) is 35.8 Å². The van der Waals surface area contributed by atoms with E-state index in [9.17, 15) is 8.78 Å². The summed E-state index contributed by atoms with van der Waals surface area (Å²) in [5.74, 6) is 0. The molecule has 74 valence electrons. The van der Waals surface area contributed by atoms with E-state index >= 15 is 0 Å². The molecule has 0 bridgehead atoms. The summed E-state index contributed by atoms with van der Waals surface area (Å²) in [6.45, 7) is -0.453. The average molecular weight is 261 g/mol. The van der Waals surface area contributed by atoms with Gasteiger partial charge in [0.1, 0.15) is 6.07 Å². The largest absolute Gasteiger partial charge is 0.378 e. The Morgan fingerprint density at radius 1 is 1.50 bits per heavy atom. The van der Waals surface area contributed by atoms with Crippen molar-refractivity contribution in [2.45, 2.75) is 6.43 Å². The van der Waals surface area contributed by atoms with Crippen LogP contribution in [0.1, 0.15) is 5.56 Å². The molecule has 0 unspecified atom stereocenters. The number of rotatable bonds is 3. The maximum atomic E-state index is 11.9. The van der Waals surface area contributed by atoms with Gasteiger partial charge in [-0.3, -0.25) is 0 Å². The number of hydrogen-bond acceptors (Lipinski definition) is 2. The van der Waals surface area contributed by atoms with E-state index in [2.05, 4.69) is 21.2 Å². The third kappa shape index (κ3) is 2.96. The predicted molar refractivity (Wildman–Crippen MR) is 53.4 cm³/mol. The van der Waals surface area contributed by atoms with Crippen molar-refractivity contribution in [1.29, 1.82) is 5.26 Å². The Morgan fingerprint density at radius 3 is 2.79 bits per heavy atom. The van der Waals surface area contributed by atoms with Crippen molar-refractivity contribution >= 4 is 21.6 Å². The second-order valence-corrected chi connectivity index (χ2v) is 3.49. The molecule has 0 saturated carbocycles. The smallest absolute Gasteiger partial charge is 0.255 e. The van der Waals surface area contributed by atoms with Gasteiger partial charge in [-0.2, -0.15) is 5.26 Å². The van der Waals surface area contributed by atoms with E-state index in [0.717, 1.165) is 4.47 Å². The van der Waals surface area contributed by atoms with Gasteiger partial charge in [0, 0.05) is 4.47 Å². The average Bonchev–Trinajstić information content (AvgIpc) is 2.15. The molecule has 0 heterocycles. The van der Waals surface area contributed by atoms with Gasteiger partial charge in [0.25, 0.3) is 6.43 Å². The van der Waals surface area contributed by atoms with Gasteiger partial charge < -0.3 is 5.32 Å². The fourth-order valence-electron chi connectivity index (χ4n) is 0.947. The Kier molecular flexibility index (Phi) is 3.84. The Morgan fingerprint density at radius 2 is 2.21 bits per heavy atom. The monoisotopic (exact) mass is 260 g/mol. The van der Waals surface area contributed by atoms with E-state index in [1.165, 1.54) is 0 Å². The van der Waals surface area contributed by atoms with Crippen LogP contribution in [0.2, 0.25) is 0 Å². The van der Waals surface area contributed by atoms with Crippen molar-refractivity contribution in [3.05, 3.63) is 28.2 Å². The lowest BCUT2D eigenvalue weighted by Crippen LogP contribution is -2.11. The van der Waals surface area contributed by atoms with Gasteiger partial charge in [0.05, 0.1) is 17.8 Å². The van der Waals surface area contributed by atoms with Crippen molar-refractivity contribution in [3.8, 4) is 6.07 Å². The van der Waals surface area contributed by atoms with E-state index < -0.39 is 13.0 Å². The van der Waals surface area contributed by atoms with E-state index in [0.29, 0.717) is 11.3 Å². The summed E-state index contributed by atoms with van der Waals surface area (Å²) in [5.41, 5.74) is 0.774. The number of nitriles is 1. The van der Waals surface area contributed by atoms with Crippen LogP contribution in [0.25, 0.3) is 0 Å². The van der Waals surface area contributed by atoms with Crippen molar-refractivity contribution in [3.63, 3.8) is 0 Å². The lowest BCUT2D eigenvalue weighted by molar-refractivity contribution is 0.163. The predicted octanol–water partition coefficient (Wildman–Crippen LogP) is 3.00. The molecular formula is C9H7BrF2N2. The Labute approximate surface area is 88.7 Å². The molecule has 0 atom stereocenters. The molecule has 14 heavy (non-hydrogen) atoms. The minimum atomic E-state index is -2.43. The molecule has 0 saturated heterocycles. The minimum Gasteiger partial charge on any atom is -0.378 e. The standard InChI is InChI=1S/C9H7BrF2N2/c10-7-2-1-6(4-13)8(3-7)14-5-9(11)12/h1-3,9,14H,5H2. The Bertz CT molecular complexity index is 360. The second-order valence-electron chi connectivity index (χ2n) is 2.57. The Hall–Kier alpha value is -1.15. The molecule has 1 aromatic rings. The van der Waals surface area contributed by atoms with Crippen LogP contribution in [0.5, 0.6) is 0 Å². The summed E-state index contributed by atoms with van der Waals surface area (Å²) >= 11 is 3.20. The van der Waals surface area contributed by atoms with Gasteiger partial charge in [0.2, 0.25) is 0 Å². The molecule has 1 rings (SSSR count). The fraction of sp³-hybridized carbons (Fsp3) is 0.222. The minimum absolute atomic E-state index is 0.355. The summed E-state index contributed by atoms with van der Waals surface area (Å²) in [6, 6.07) is 6.77. The van der Waals surface area contributed by atoms with Crippen LogP contribution in [0.3, 0.4) is 0 Å². The lowest BCUT2D eigenvalue weighted by Gasteiger charge is -2.07. The molecular weight excluding hydrogens is 254 g/mol. The van der Waals surface area contributed by atoms with Crippen molar-refractivity contribution < 1.29 is 8.78 Å². The maximum absolute atomic E-state index is 11.9. The molecule has 0 aliphatic carbocycles. The molecule has 0 radical (unpaired) electrons. The highest BCUT2D eigenvalue weighted by Gasteiger charge is 2.05. The third-order valence-corrected chi connectivity index (χ3v) is 2.04. The zero-order valence-corrected chi connectivity index (χ0v) is 8.68. The van der Waals surface area contributed by atoms with Gasteiger partial charge in [0.15, 0.2) is 0 Å². The van der Waals surface area contributed by atoms with Crippen molar-refractivity contribution in [2.75, 3.05) is 11.9 Å². The van der Waals surface area contributed by atoms with E-state index in [1.807, 2.05) is 6.07 Å². The van der Waals surface area contributed by atoms with Gasteiger partial charge in [-0.15, -0.1) is 0 Å². The molecule has 2 nitrogen and oxygen atoms in total. The number of hydrogen-bond donors (Lipinski definition) is 1. The highest BCUT2D eigenvalue weighted by atomic mass is 79.9. The van der Waals surface area contributed by atoms with Crippen LogP contribution in [0.4, 0.5) is 14.5 Å². The van der Waals surface area contributed by atoms with Crippen LogP contribution in [-0.4, -0.2) is 13.0 Å². The van der Waals surface area contributed by atoms with E-state index in [-0.39, 0.29) is 0 Å². The van der Waals surface area contributed by atoms with E-state index in [1.54, 1.807) is 18.2 Å². The first kappa shape index (κ1) is 10.9. The molecule has 0 aliphatic rings. The van der Waals surface area contributed by atoms with Gasteiger partial charge in [-0.25, -0.2) is 8.78 Å². The van der Waals surface area contributed by atoms with Gasteiger partial charge in [-0.05, 0) is 18.2 Å². The molecule has 1 N–H and O–H groups in total. The molecule has 0 fully saturated rings. The van der Waals surface area contributed by atoms with Crippen LogP contribution in [0.15, 0.2) is 22.7 Å². The summed E-state index contributed by atoms with van der Waals surface area (Å²) in [7, 11) is 0. The maximum Gasteiger partial charge on any atom is 0.255 e. The fourth-order valence-corrected chi connectivity index (χ4v) is 1.31. The van der Waals surface area contributed by atoms with E-state index in [4.69, 9.17) is 5.26 Å². The first-order valence-corrected chi connectivity index (χ1v) is 4.64. The molecule has 0 spiro atoms.